The second-order valence-corrected chi connectivity index (χ2v) is 5.11. The van der Waals surface area contributed by atoms with Crippen molar-refractivity contribution in [2.45, 2.75) is 13.0 Å². The first-order chi connectivity index (χ1) is 9.18. The normalized spacial score (nSPS) is 10.8. The molecule has 0 aliphatic carbocycles. The summed E-state index contributed by atoms with van der Waals surface area (Å²) in [7, 11) is 1.64. The number of aromatic nitrogens is 2. The molecule has 0 radical (unpaired) electrons. The fourth-order valence-corrected chi connectivity index (χ4v) is 2.51. The average Bonchev–Trinajstić information content (AvgIpc) is 2.90. The average molecular weight is 279 g/mol. The molecule has 1 N–H and O–H groups in total. The van der Waals surface area contributed by atoms with Crippen LogP contribution in [0.4, 0.5) is 0 Å². The SMILES string of the molecule is Cn1ccc(=O)n(CCNCCc2ccsc2)c1=O. The first-order valence-corrected chi connectivity index (χ1v) is 7.11. The molecule has 0 bridgehead atoms. The van der Waals surface area contributed by atoms with Crippen molar-refractivity contribution in [3.63, 3.8) is 0 Å². The van der Waals surface area contributed by atoms with Crippen molar-refractivity contribution >= 4 is 11.3 Å². The Morgan fingerprint density at radius 3 is 2.84 bits per heavy atom. The molecule has 102 valence electrons. The lowest BCUT2D eigenvalue weighted by molar-refractivity contribution is 0.546. The molecule has 0 unspecified atom stereocenters. The summed E-state index contributed by atoms with van der Waals surface area (Å²) in [6, 6.07) is 3.51. The molecule has 2 aromatic rings. The van der Waals surface area contributed by atoms with E-state index in [0.29, 0.717) is 13.1 Å². The zero-order valence-corrected chi connectivity index (χ0v) is 11.7. The highest BCUT2D eigenvalue weighted by Crippen LogP contribution is 2.05. The van der Waals surface area contributed by atoms with Crippen LogP contribution < -0.4 is 16.6 Å². The van der Waals surface area contributed by atoms with Gasteiger partial charge in [-0.3, -0.25) is 9.36 Å². The van der Waals surface area contributed by atoms with E-state index in [1.807, 2.05) is 0 Å². The van der Waals surface area contributed by atoms with Crippen molar-refractivity contribution in [1.82, 2.24) is 14.5 Å². The first kappa shape index (κ1) is 13.8. The molecule has 19 heavy (non-hydrogen) atoms. The Balaban J connectivity index is 1.82. The molecule has 0 saturated heterocycles. The maximum absolute atomic E-state index is 11.7. The van der Waals surface area contributed by atoms with Crippen LogP contribution in [0.1, 0.15) is 5.56 Å². The van der Waals surface area contributed by atoms with Crippen LogP contribution in [0.15, 0.2) is 38.7 Å². The highest BCUT2D eigenvalue weighted by atomic mass is 32.1. The number of thiophene rings is 1. The largest absolute Gasteiger partial charge is 0.330 e. The predicted molar refractivity (Wildman–Crippen MR) is 76.8 cm³/mol. The number of hydrogen-bond donors (Lipinski definition) is 1. The summed E-state index contributed by atoms with van der Waals surface area (Å²) in [6.07, 6.45) is 2.45. The minimum atomic E-state index is -0.271. The summed E-state index contributed by atoms with van der Waals surface area (Å²) in [6.45, 7) is 1.86. The summed E-state index contributed by atoms with van der Waals surface area (Å²) in [4.78, 5) is 23.3. The van der Waals surface area contributed by atoms with Gasteiger partial charge >= 0.3 is 5.69 Å². The van der Waals surface area contributed by atoms with Crippen molar-refractivity contribution in [2.75, 3.05) is 13.1 Å². The van der Waals surface area contributed by atoms with E-state index in [1.54, 1.807) is 18.4 Å². The second-order valence-electron chi connectivity index (χ2n) is 4.33. The minimum Gasteiger partial charge on any atom is -0.315 e. The molecule has 6 heteroatoms. The maximum Gasteiger partial charge on any atom is 0.330 e. The summed E-state index contributed by atoms with van der Waals surface area (Å²) < 4.78 is 2.66. The quantitative estimate of drug-likeness (QED) is 0.781. The zero-order chi connectivity index (χ0) is 13.7. The predicted octanol–water partition coefficient (Wildman–Crippen LogP) is 0.441. The van der Waals surface area contributed by atoms with Gasteiger partial charge in [0.2, 0.25) is 0 Å². The highest BCUT2D eigenvalue weighted by Gasteiger charge is 2.01. The van der Waals surface area contributed by atoms with Crippen LogP contribution >= 0.6 is 11.3 Å². The summed E-state index contributed by atoms with van der Waals surface area (Å²) in [5.41, 5.74) is 0.792. The van der Waals surface area contributed by atoms with Gasteiger partial charge in [-0.05, 0) is 35.4 Å². The van der Waals surface area contributed by atoms with Crippen LogP contribution in [0, 0.1) is 0 Å². The Morgan fingerprint density at radius 1 is 1.26 bits per heavy atom. The molecule has 0 fully saturated rings. The number of nitrogens with zero attached hydrogens (tertiary/aromatic N) is 2. The third-order valence-corrected chi connectivity index (χ3v) is 3.65. The molecular formula is C13H17N3O2S. The molecule has 0 atom stereocenters. The number of aryl methyl sites for hydroxylation is 1. The molecule has 2 aromatic heterocycles. The van der Waals surface area contributed by atoms with Crippen LogP contribution in [0.5, 0.6) is 0 Å². The molecule has 0 aromatic carbocycles. The Morgan fingerprint density at radius 2 is 2.11 bits per heavy atom. The van der Waals surface area contributed by atoms with E-state index >= 15 is 0 Å². The standard InChI is InChI=1S/C13H17N3O2S/c1-15-7-3-12(17)16(13(15)18)8-6-14-5-2-11-4-9-19-10-11/h3-4,7,9-10,14H,2,5-6,8H2,1H3. The second kappa shape index (κ2) is 6.49. The summed E-state index contributed by atoms with van der Waals surface area (Å²) in [5, 5.41) is 7.43. The van der Waals surface area contributed by atoms with Crippen molar-refractivity contribution in [3.8, 4) is 0 Å². The topological polar surface area (TPSA) is 56.0 Å². The van der Waals surface area contributed by atoms with Crippen LogP contribution in [0.2, 0.25) is 0 Å². The van der Waals surface area contributed by atoms with Gasteiger partial charge in [0.1, 0.15) is 0 Å². The molecule has 2 heterocycles. The Kier molecular flexibility index (Phi) is 4.70. The van der Waals surface area contributed by atoms with E-state index < -0.39 is 0 Å². The van der Waals surface area contributed by atoms with E-state index in [2.05, 4.69) is 22.1 Å². The summed E-state index contributed by atoms with van der Waals surface area (Å²) >= 11 is 1.69. The fraction of sp³-hybridized carbons (Fsp3) is 0.385. The van der Waals surface area contributed by atoms with Crippen molar-refractivity contribution in [3.05, 3.63) is 55.5 Å². The van der Waals surface area contributed by atoms with Gasteiger partial charge in [0, 0.05) is 32.4 Å². The van der Waals surface area contributed by atoms with Crippen LogP contribution in [0.25, 0.3) is 0 Å². The van der Waals surface area contributed by atoms with Gasteiger partial charge in [-0.25, -0.2) is 4.79 Å². The first-order valence-electron chi connectivity index (χ1n) is 6.17. The van der Waals surface area contributed by atoms with Gasteiger partial charge in [0.25, 0.3) is 5.56 Å². The number of rotatable bonds is 6. The Hall–Kier alpha value is -1.66. The smallest absolute Gasteiger partial charge is 0.315 e. The van der Waals surface area contributed by atoms with Crippen molar-refractivity contribution in [2.24, 2.45) is 7.05 Å². The number of nitrogens with one attached hydrogen (secondary N) is 1. The lowest BCUT2D eigenvalue weighted by atomic mass is 10.2. The lowest BCUT2D eigenvalue weighted by Gasteiger charge is -2.07. The third-order valence-electron chi connectivity index (χ3n) is 2.92. The molecule has 0 aliphatic heterocycles. The van der Waals surface area contributed by atoms with E-state index in [1.165, 1.54) is 27.0 Å². The van der Waals surface area contributed by atoms with E-state index in [-0.39, 0.29) is 11.2 Å². The highest BCUT2D eigenvalue weighted by molar-refractivity contribution is 7.07. The van der Waals surface area contributed by atoms with E-state index in [4.69, 9.17) is 0 Å². The molecule has 0 aliphatic rings. The molecule has 5 nitrogen and oxygen atoms in total. The fourth-order valence-electron chi connectivity index (χ4n) is 1.80. The Bertz CT molecular complexity index is 628. The van der Waals surface area contributed by atoms with Gasteiger partial charge < -0.3 is 9.88 Å². The molecule has 0 saturated carbocycles. The van der Waals surface area contributed by atoms with Crippen molar-refractivity contribution < 1.29 is 0 Å². The molecule has 2 rings (SSSR count). The van der Waals surface area contributed by atoms with Crippen LogP contribution in [0.3, 0.4) is 0 Å². The summed E-state index contributed by atoms with van der Waals surface area (Å²) in [5.74, 6) is 0. The van der Waals surface area contributed by atoms with Crippen LogP contribution in [-0.4, -0.2) is 22.2 Å². The van der Waals surface area contributed by atoms with Gasteiger partial charge in [-0.15, -0.1) is 0 Å². The van der Waals surface area contributed by atoms with Crippen molar-refractivity contribution in [1.29, 1.82) is 0 Å². The number of hydrogen-bond acceptors (Lipinski definition) is 4. The maximum atomic E-state index is 11.7. The van der Waals surface area contributed by atoms with Crippen LogP contribution in [-0.2, 0) is 20.0 Å². The van der Waals surface area contributed by atoms with Gasteiger partial charge in [0.05, 0.1) is 0 Å². The van der Waals surface area contributed by atoms with E-state index in [0.717, 1.165) is 13.0 Å². The zero-order valence-electron chi connectivity index (χ0n) is 10.8. The van der Waals surface area contributed by atoms with Gasteiger partial charge in [-0.1, -0.05) is 0 Å². The Labute approximate surface area is 115 Å². The van der Waals surface area contributed by atoms with Gasteiger partial charge in [-0.2, -0.15) is 11.3 Å². The minimum absolute atomic E-state index is 0.247. The molecule has 0 spiro atoms. The molecule has 0 amide bonds. The van der Waals surface area contributed by atoms with E-state index in [9.17, 15) is 9.59 Å². The lowest BCUT2D eigenvalue weighted by Crippen LogP contribution is -2.40. The monoisotopic (exact) mass is 279 g/mol. The third kappa shape index (κ3) is 3.65. The molecular weight excluding hydrogens is 262 g/mol. The van der Waals surface area contributed by atoms with Gasteiger partial charge in [0.15, 0.2) is 0 Å².